The van der Waals surface area contributed by atoms with Crippen molar-refractivity contribution in [2.24, 2.45) is 17.3 Å². The van der Waals surface area contributed by atoms with Gasteiger partial charge in [0.2, 0.25) is 0 Å². The SMILES string of the molecule is CNCC1CCC(C)(C)CC1Cc1cccc(OC)c1. The molecule has 2 atom stereocenters. The van der Waals surface area contributed by atoms with Gasteiger partial charge in [-0.3, -0.25) is 0 Å². The molecule has 1 aromatic carbocycles. The predicted molar refractivity (Wildman–Crippen MR) is 85.2 cm³/mol. The summed E-state index contributed by atoms with van der Waals surface area (Å²) in [6, 6.07) is 8.56. The van der Waals surface area contributed by atoms with E-state index >= 15 is 0 Å². The Kier molecular flexibility index (Phi) is 5.09. The second kappa shape index (κ2) is 6.62. The van der Waals surface area contributed by atoms with Crippen molar-refractivity contribution in [3.63, 3.8) is 0 Å². The van der Waals surface area contributed by atoms with Crippen LogP contribution in [0.3, 0.4) is 0 Å². The van der Waals surface area contributed by atoms with E-state index in [1.54, 1.807) is 7.11 Å². The molecule has 0 saturated heterocycles. The number of benzene rings is 1. The number of ether oxygens (including phenoxy) is 1. The highest BCUT2D eigenvalue weighted by molar-refractivity contribution is 5.28. The van der Waals surface area contributed by atoms with Crippen molar-refractivity contribution in [3.05, 3.63) is 29.8 Å². The topological polar surface area (TPSA) is 21.3 Å². The molecule has 2 unspecified atom stereocenters. The average Bonchev–Trinajstić information content (AvgIpc) is 2.42. The third-order valence-electron chi connectivity index (χ3n) is 4.77. The molecule has 1 N–H and O–H groups in total. The summed E-state index contributed by atoms with van der Waals surface area (Å²) in [4.78, 5) is 0. The lowest BCUT2D eigenvalue weighted by Crippen LogP contribution is -2.36. The summed E-state index contributed by atoms with van der Waals surface area (Å²) >= 11 is 0. The minimum absolute atomic E-state index is 0.494. The molecule has 1 fully saturated rings. The van der Waals surface area contributed by atoms with Crippen molar-refractivity contribution in [2.45, 2.75) is 39.5 Å². The fourth-order valence-corrected chi connectivity index (χ4v) is 3.66. The van der Waals surface area contributed by atoms with Crippen LogP contribution in [0.1, 0.15) is 38.7 Å². The summed E-state index contributed by atoms with van der Waals surface area (Å²) < 4.78 is 5.35. The highest BCUT2D eigenvalue weighted by Gasteiger charge is 2.34. The molecule has 1 aliphatic carbocycles. The summed E-state index contributed by atoms with van der Waals surface area (Å²) in [6.45, 7) is 5.98. The lowest BCUT2D eigenvalue weighted by atomic mass is 9.65. The number of rotatable bonds is 5. The molecule has 0 amide bonds. The maximum absolute atomic E-state index is 5.35. The van der Waals surface area contributed by atoms with Gasteiger partial charge in [-0.05, 0) is 74.2 Å². The molecule has 0 aromatic heterocycles. The van der Waals surface area contributed by atoms with E-state index in [1.807, 2.05) is 6.07 Å². The standard InChI is InChI=1S/C18H29NO/c1-18(2)9-8-15(13-19-3)16(12-18)10-14-6-5-7-17(11-14)20-4/h5-7,11,15-16,19H,8-10,12-13H2,1-4H3. The van der Waals surface area contributed by atoms with Crippen molar-refractivity contribution in [2.75, 3.05) is 20.7 Å². The molecule has 0 spiro atoms. The zero-order valence-corrected chi connectivity index (χ0v) is 13.4. The van der Waals surface area contributed by atoms with Gasteiger partial charge >= 0.3 is 0 Å². The smallest absolute Gasteiger partial charge is 0.119 e. The number of nitrogens with one attached hydrogen (secondary N) is 1. The van der Waals surface area contributed by atoms with Gasteiger partial charge < -0.3 is 10.1 Å². The fraction of sp³-hybridized carbons (Fsp3) is 0.667. The minimum atomic E-state index is 0.494. The molecule has 112 valence electrons. The number of methoxy groups -OCH3 is 1. The summed E-state index contributed by atoms with van der Waals surface area (Å²) in [7, 11) is 3.81. The molecule has 0 aliphatic heterocycles. The highest BCUT2D eigenvalue weighted by Crippen LogP contribution is 2.43. The monoisotopic (exact) mass is 275 g/mol. The molecular weight excluding hydrogens is 246 g/mol. The Morgan fingerprint density at radius 3 is 2.80 bits per heavy atom. The van der Waals surface area contributed by atoms with E-state index in [2.05, 4.69) is 44.4 Å². The van der Waals surface area contributed by atoms with Gasteiger partial charge in [-0.2, -0.15) is 0 Å². The summed E-state index contributed by atoms with van der Waals surface area (Å²) in [5.41, 5.74) is 1.90. The van der Waals surface area contributed by atoms with Gasteiger partial charge in [-0.15, -0.1) is 0 Å². The minimum Gasteiger partial charge on any atom is -0.497 e. The lowest BCUT2D eigenvalue weighted by Gasteiger charge is -2.41. The zero-order chi connectivity index (χ0) is 14.6. The molecule has 1 aromatic rings. The Morgan fingerprint density at radius 2 is 2.10 bits per heavy atom. The van der Waals surface area contributed by atoms with Crippen molar-refractivity contribution >= 4 is 0 Å². The second-order valence-corrected chi connectivity index (χ2v) is 7.04. The van der Waals surface area contributed by atoms with Gasteiger partial charge in [-0.25, -0.2) is 0 Å². The van der Waals surface area contributed by atoms with E-state index < -0.39 is 0 Å². The van der Waals surface area contributed by atoms with E-state index in [9.17, 15) is 0 Å². The van der Waals surface area contributed by atoms with Gasteiger partial charge in [0.05, 0.1) is 7.11 Å². The number of hydrogen-bond acceptors (Lipinski definition) is 2. The third kappa shape index (κ3) is 3.99. The van der Waals surface area contributed by atoms with Gasteiger partial charge in [0.1, 0.15) is 5.75 Å². The summed E-state index contributed by atoms with van der Waals surface area (Å²) in [5, 5.41) is 3.38. The highest BCUT2D eigenvalue weighted by atomic mass is 16.5. The number of hydrogen-bond donors (Lipinski definition) is 1. The molecule has 0 radical (unpaired) electrons. The Hall–Kier alpha value is -1.02. The molecule has 1 saturated carbocycles. The largest absolute Gasteiger partial charge is 0.497 e. The van der Waals surface area contributed by atoms with Crippen LogP contribution in [0.25, 0.3) is 0 Å². The molecule has 1 aliphatic rings. The van der Waals surface area contributed by atoms with Crippen LogP contribution in [0.15, 0.2) is 24.3 Å². The van der Waals surface area contributed by atoms with Crippen LogP contribution < -0.4 is 10.1 Å². The molecule has 2 nitrogen and oxygen atoms in total. The Balaban J connectivity index is 2.09. The molecule has 2 rings (SSSR count). The van der Waals surface area contributed by atoms with E-state index in [0.717, 1.165) is 24.1 Å². The molecule has 0 bridgehead atoms. The van der Waals surface area contributed by atoms with Gasteiger partial charge in [0.25, 0.3) is 0 Å². The third-order valence-corrected chi connectivity index (χ3v) is 4.77. The zero-order valence-electron chi connectivity index (χ0n) is 13.4. The Labute approximate surface area is 123 Å². The second-order valence-electron chi connectivity index (χ2n) is 7.04. The van der Waals surface area contributed by atoms with Crippen molar-refractivity contribution in [1.82, 2.24) is 5.32 Å². The van der Waals surface area contributed by atoms with Crippen LogP contribution in [-0.2, 0) is 6.42 Å². The van der Waals surface area contributed by atoms with Gasteiger partial charge in [0, 0.05) is 0 Å². The van der Waals surface area contributed by atoms with Crippen LogP contribution in [0.4, 0.5) is 0 Å². The summed E-state index contributed by atoms with van der Waals surface area (Å²) in [5.74, 6) is 2.56. The van der Waals surface area contributed by atoms with Crippen LogP contribution in [-0.4, -0.2) is 20.7 Å². The van der Waals surface area contributed by atoms with Crippen molar-refractivity contribution in [1.29, 1.82) is 0 Å². The Bertz CT molecular complexity index is 427. The Morgan fingerprint density at radius 1 is 1.30 bits per heavy atom. The van der Waals surface area contributed by atoms with E-state index in [4.69, 9.17) is 4.74 Å². The molecule has 20 heavy (non-hydrogen) atoms. The van der Waals surface area contributed by atoms with Crippen LogP contribution in [0.5, 0.6) is 5.75 Å². The van der Waals surface area contributed by atoms with Gasteiger partial charge in [-0.1, -0.05) is 26.0 Å². The first kappa shape index (κ1) is 15.4. The first-order valence-corrected chi connectivity index (χ1v) is 7.81. The quantitative estimate of drug-likeness (QED) is 0.880. The van der Waals surface area contributed by atoms with Crippen LogP contribution in [0.2, 0.25) is 0 Å². The molecule has 2 heteroatoms. The van der Waals surface area contributed by atoms with Crippen LogP contribution in [0, 0.1) is 17.3 Å². The average molecular weight is 275 g/mol. The van der Waals surface area contributed by atoms with Crippen molar-refractivity contribution < 1.29 is 4.74 Å². The first-order valence-electron chi connectivity index (χ1n) is 7.81. The van der Waals surface area contributed by atoms with Crippen LogP contribution >= 0.6 is 0 Å². The lowest BCUT2D eigenvalue weighted by molar-refractivity contribution is 0.117. The van der Waals surface area contributed by atoms with Crippen molar-refractivity contribution in [3.8, 4) is 5.75 Å². The fourth-order valence-electron chi connectivity index (χ4n) is 3.66. The molecule has 0 heterocycles. The maximum Gasteiger partial charge on any atom is 0.119 e. The normalized spacial score (nSPS) is 25.4. The van der Waals surface area contributed by atoms with E-state index in [1.165, 1.54) is 31.2 Å². The first-order chi connectivity index (χ1) is 9.54. The van der Waals surface area contributed by atoms with Gasteiger partial charge in [0.15, 0.2) is 0 Å². The molecular formula is C18H29NO. The van der Waals surface area contributed by atoms with E-state index in [-0.39, 0.29) is 0 Å². The van der Waals surface area contributed by atoms with E-state index in [0.29, 0.717) is 5.41 Å². The summed E-state index contributed by atoms with van der Waals surface area (Å²) in [6.07, 6.45) is 5.21. The maximum atomic E-state index is 5.35. The predicted octanol–water partition coefficient (Wildman–Crippen LogP) is 3.90.